The number of carboxylic acids is 1. The molecule has 0 aliphatic heterocycles. The second kappa shape index (κ2) is 4.91. The Balaban J connectivity index is 2.14. The highest BCUT2D eigenvalue weighted by molar-refractivity contribution is 5.88. The van der Waals surface area contributed by atoms with E-state index in [4.69, 9.17) is 14.3 Å². The molecule has 0 unspecified atom stereocenters. The van der Waals surface area contributed by atoms with E-state index in [0.717, 1.165) is 5.56 Å². The maximum absolute atomic E-state index is 13.4. The second-order valence-corrected chi connectivity index (χ2v) is 3.79. The molecule has 0 amide bonds. The van der Waals surface area contributed by atoms with Crippen LogP contribution in [-0.2, 0) is 6.61 Å². The molecule has 1 aromatic carbocycles. The minimum atomic E-state index is -1.10. The summed E-state index contributed by atoms with van der Waals surface area (Å²) >= 11 is 0. The van der Waals surface area contributed by atoms with Crippen molar-refractivity contribution in [2.24, 2.45) is 0 Å². The SMILES string of the molecule is Cc1ccc(F)c(OCc2occc2C(=O)O)c1. The molecule has 4 nitrogen and oxygen atoms in total. The first-order chi connectivity index (χ1) is 8.58. The number of rotatable bonds is 4. The fraction of sp³-hybridized carbons (Fsp3) is 0.154. The molecule has 2 rings (SSSR count). The van der Waals surface area contributed by atoms with Crippen LogP contribution < -0.4 is 4.74 Å². The largest absolute Gasteiger partial charge is 0.483 e. The zero-order valence-electron chi connectivity index (χ0n) is 9.64. The van der Waals surface area contributed by atoms with Crippen LogP contribution in [0.3, 0.4) is 0 Å². The van der Waals surface area contributed by atoms with E-state index in [9.17, 15) is 9.18 Å². The van der Waals surface area contributed by atoms with E-state index in [1.165, 1.54) is 18.4 Å². The maximum atomic E-state index is 13.4. The third-order valence-corrected chi connectivity index (χ3v) is 2.42. The molecule has 0 saturated carbocycles. The minimum Gasteiger partial charge on any atom is -0.483 e. The zero-order chi connectivity index (χ0) is 13.1. The lowest BCUT2D eigenvalue weighted by Crippen LogP contribution is -2.03. The summed E-state index contributed by atoms with van der Waals surface area (Å²) in [4.78, 5) is 10.8. The summed E-state index contributed by atoms with van der Waals surface area (Å²) in [5.41, 5.74) is 0.868. The molecule has 0 bridgehead atoms. The normalized spacial score (nSPS) is 10.3. The number of ether oxygens (including phenoxy) is 1. The number of aryl methyl sites for hydroxylation is 1. The number of hydrogen-bond acceptors (Lipinski definition) is 3. The quantitative estimate of drug-likeness (QED) is 0.906. The summed E-state index contributed by atoms with van der Waals surface area (Å²) in [6, 6.07) is 5.79. The van der Waals surface area contributed by atoms with Crippen LogP contribution in [0.2, 0.25) is 0 Å². The highest BCUT2D eigenvalue weighted by Gasteiger charge is 2.14. The van der Waals surface area contributed by atoms with Gasteiger partial charge in [0.15, 0.2) is 17.3 Å². The highest BCUT2D eigenvalue weighted by Crippen LogP contribution is 2.21. The predicted molar refractivity (Wildman–Crippen MR) is 61.1 cm³/mol. The Labute approximate surface area is 103 Å². The summed E-state index contributed by atoms with van der Waals surface area (Å²) in [7, 11) is 0. The fourth-order valence-electron chi connectivity index (χ4n) is 1.51. The van der Waals surface area contributed by atoms with Crippen molar-refractivity contribution in [3.05, 3.63) is 53.2 Å². The molecule has 0 fully saturated rings. The average molecular weight is 250 g/mol. The van der Waals surface area contributed by atoms with Crippen molar-refractivity contribution in [3.8, 4) is 5.75 Å². The van der Waals surface area contributed by atoms with Crippen LogP contribution in [0.15, 0.2) is 34.9 Å². The first-order valence-electron chi connectivity index (χ1n) is 5.26. The Morgan fingerprint density at radius 2 is 2.22 bits per heavy atom. The summed E-state index contributed by atoms with van der Waals surface area (Å²) in [6.45, 7) is 1.68. The zero-order valence-corrected chi connectivity index (χ0v) is 9.64. The Kier molecular flexibility index (Phi) is 3.32. The third-order valence-electron chi connectivity index (χ3n) is 2.42. The van der Waals surface area contributed by atoms with E-state index in [1.807, 2.05) is 6.92 Å². The van der Waals surface area contributed by atoms with Crippen LogP contribution in [-0.4, -0.2) is 11.1 Å². The molecule has 18 heavy (non-hydrogen) atoms. The molecule has 5 heteroatoms. The van der Waals surface area contributed by atoms with Gasteiger partial charge in [-0.2, -0.15) is 0 Å². The first kappa shape index (κ1) is 12.2. The molecule has 1 N–H and O–H groups in total. The number of benzene rings is 1. The van der Waals surface area contributed by atoms with Gasteiger partial charge in [0, 0.05) is 0 Å². The highest BCUT2D eigenvalue weighted by atomic mass is 19.1. The Morgan fingerprint density at radius 1 is 1.44 bits per heavy atom. The van der Waals surface area contributed by atoms with Crippen LogP contribution in [0.5, 0.6) is 5.75 Å². The number of hydrogen-bond donors (Lipinski definition) is 1. The Morgan fingerprint density at radius 3 is 2.94 bits per heavy atom. The van der Waals surface area contributed by atoms with Crippen molar-refractivity contribution in [1.29, 1.82) is 0 Å². The molecule has 1 aromatic heterocycles. The molecule has 0 radical (unpaired) electrons. The van der Waals surface area contributed by atoms with Crippen molar-refractivity contribution >= 4 is 5.97 Å². The van der Waals surface area contributed by atoms with Crippen molar-refractivity contribution in [3.63, 3.8) is 0 Å². The minimum absolute atomic E-state index is 0.0167. The fourth-order valence-corrected chi connectivity index (χ4v) is 1.51. The molecule has 0 spiro atoms. The van der Waals surface area contributed by atoms with Gasteiger partial charge < -0.3 is 14.3 Å². The van der Waals surface area contributed by atoms with Gasteiger partial charge in [-0.3, -0.25) is 0 Å². The van der Waals surface area contributed by atoms with E-state index in [0.29, 0.717) is 0 Å². The Hall–Kier alpha value is -2.30. The van der Waals surface area contributed by atoms with Gasteiger partial charge >= 0.3 is 5.97 Å². The molecule has 0 aliphatic carbocycles. The standard InChI is InChI=1S/C13H11FO4/c1-8-2-3-10(14)11(6-8)18-7-12-9(13(15)16)4-5-17-12/h2-6H,7H2,1H3,(H,15,16). The predicted octanol–water partition coefficient (Wildman–Crippen LogP) is 3.00. The lowest BCUT2D eigenvalue weighted by molar-refractivity contribution is 0.0691. The molecular formula is C13H11FO4. The van der Waals surface area contributed by atoms with Crippen LogP contribution in [0.25, 0.3) is 0 Å². The van der Waals surface area contributed by atoms with Crippen LogP contribution >= 0.6 is 0 Å². The number of furan rings is 1. The number of halogens is 1. The van der Waals surface area contributed by atoms with Crippen LogP contribution in [0, 0.1) is 12.7 Å². The van der Waals surface area contributed by atoms with Gasteiger partial charge in [0.2, 0.25) is 0 Å². The van der Waals surface area contributed by atoms with E-state index in [1.54, 1.807) is 12.1 Å². The first-order valence-corrected chi connectivity index (χ1v) is 5.26. The third kappa shape index (κ3) is 2.51. The van der Waals surface area contributed by atoms with E-state index in [-0.39, 0.29) is 23.7 Å². The van der Waals surface area contributed by atoms with Gasteiger partial charge in [0.05, 0.1) is 6.26 Å². The number of aromatic carboxylic acids is 1. The molecule has 94 valence electrons. The summed E-state index contributed by atoms with van der Waals surface area (Å²) in [5, 5.41) is 8.86. The van der Waals surface area contributed by atoms with Gasteiger partial charge in [0.1, 0.15) is 12.2 Å². The smallest absolute Gasteiger partial charge is 0.339 e. The summed E-state index contributed by atoms with van der Waals surface area (Å²) in [6.07, 6.45) is 1.26. The monoisotopic (exact) mass is 250 g/mol. The number of carboxylic acid groups (broad SMARTS) is 1. The van der Waals surface area contributed by atoms with Gasteiger partial charge in [0.25, 0.3) is 0 Å². The average Bonchev–Trinajstić information content (AvgIpc) is 2.79. The molecule has 2 aromatic rings. The van der Waals surface area contributed by atoms with Crippen molar-refractivity contribution in [2.45, 2.75) is 13.5 Å². The van der Waals surface area contributed by atoms with Gasteiger partial charge in [-0.25, -0.2) is 9.18 Å². The van der Waals surface area contributed by atoms with Crippen LogP contribution in [0.1, 0.15) is 21.7 Å². The van der Waals surface area contributed by atoms with E-state index >= 15 is 0 Å². The number of carbonyl (C=O) groups is 1. The van der Waals surface area contributed by atoms with Crippen LogP contribution in [0.4, 0.5) is 4.39 Å². The van der Waals surface area contributed by atoms with Gasteiger partial charge in [-0.1, -0.05) is 6.07 Å². The summed E-state index contributed by atoms with van der Waals surface area (Å²) in [5.74, 6) is -1.37. The topological polar surface area (TPSA) is 59.7 Å². The lowest BCUT2D eigenvalue weighted by Gasteiger charge is -2.07. The maximum Gasteiger partial charge on any atom is 0.339 e. The van der Waals surface area contributed by atoms with Crippen molar-refractivity contribution < 1.29 is 23.4 Å². The van der Waals surface area contributed by atoms with E-state index < -0.39 is 11.8 Å². The Bertz CT molecular complexity index is 574. The lowest BCUT2D eigenvalue weighted by atomic mass is 10.2. The molecular weight excluding hydrogens is 239 g/mol. The van der Waals surface area contributed by atoms with Gasteiger partial charge in [-0.05, 0) is 30.7 Å². The molecule has 1 heterocycles. The summed E-state index contributed by atoms with van der Waals surface area (Å²) < 4.78 is 23.6. The molecule has 0 aliphatic rings. The van der Waals surface area contributed by atoms with Crippen molar-refractivity contribution in [2.75, 3.05) is 0 Å². The van der Waals surface area contributed by atoms with E-state index in [2.05, 4.69) is 0 Å². The van der Waals surface area contributed by atoms with Gasteiger partial charge in [-0.15, -0.1) is 0 Å². The van der Waals surface area contributed by atoms with Crippen molar-refractivity contribution in [1.82, 2.24) is 0 Å². The molecule has 0 saturated heterocycles. The second-order valence-electron chi connectivity index (χ2n) is 3.79. The molecule has 0 atom stereocenters.